The Bertz CT molecular complexity index is 1140. The van der Waals surface area contributed by atoms with Gasteiger partial charge in [-0.15, -0.1) is 0 Å². The Balaban J connectivity index is 1.96. The number of halogens is 3. The van der Waals surface area contributed by atoms with Gasteiger partial charge in [0.05, 0.1) is 0 Å². The molecule has 1 saturated heterocycles. The summed E-state index contributed by atoms with van der Waals surface area (Å²) in [5.41, 5.74) is 6.41. The average molecular weight is 461 g/mol. The highest BCUT2D eigenvalue weighted by atomic mass is 32.1. The highest BCUT2D eigenvalue weighted by Gasteiger charge is 2.61. The van der Waals surface area contributed by atoms with E-state index in [0.717, 1.165) is 16.0 Å². The molecule has 0 radical (unpaired) electrons. The summed E-state index contributed by atoms with van der Waals surface area (Å²) in [6.07, 6.45) is -6.72. The molecule has 166 valence electrons. The molecule has 1 aromatic heterocycles. The van der Waals surface area contributed by atoms with E-state index in [1.807, 2.05) is 22.9 Å². The van der Waals surface area contributed by atoms with Crippen LogP contribution in [0.25, 0.3) is 11.1 Å². The van der Waals surface area contributed by atoms with Gasteiger partial charge in [-0.25, -0.2) is 4.79 Å². The van der Waals surface area contributed by atoms with E-state index in [-0.39, 0.29) is 0 Å². The highest BCUT2D eigenvalue weighted by Crippen LogP contribution is 2.45. The van der Waals surface area contributed by atoms with Gasteiger partial charge in [0.1, 0.15) is 0 Å². The number of hydroxylamine groups is 2. The molecule has 0 bridgehead atoms. The zero-order valence-corrected chi connectivity index (χ0v) is 17.6. The number of amides is 1. The van der Waals surface area contributed by atoms with E-state index >= 15 is 0 Å². The standard InChI is InChI=1S/C22H18F3N3O3S/c1-27-18(29)21(16-7-3-2-4-8-16,28(20(27)26)31-19(30)22(23,24)25)17-9-5-6-14(12-17)15-10-11-32-13-15/h2-13,20H,26H2,1H3. The van der Waals surface area contributed by atoms with Gasteiger partial charge in [-0.05, 0) is 45.1 Å². The van der Waals surface area contributed by atoms with Gasteiger partial charge in [0, 0.05) is 7.05 Å². The van der Waals surface area contributed by atoms with Crippen molar-refractivity contribution in [2.75, 3.05) is 7.05 Å². The Morgan fingerprint density at radius 2 is 1.75 bits per heavy atom. The molecule has 0 aliphatic carbocycles. The SMILES string of the molecule is CN1C(=O)C(c2ccccc2)(c2cccc(-c3ccsc3)c2)N(OC(=O)C(F)(F)F)C1N. The first-order valence-electron chi connectivity index (χ1n) is 9.47. The van der Waals surface area contributed by atoms with Crippen LogP contribution in [0.4, 0.5) is 13.2 Å². The van der Waals surface area contributed by atoms with Crippen LogP contribution in [0.3, 0.4) is 0 Å². The van der Waals surface area contributed by atoms with Crippen LogP contribution in [0.1, 0.15) is 11.1 Å². The zero-order valence-electron chi connectivity index (χ0n) is 16.7. The second kappa shape index (κ2) is 8.05. The van der Waals surface area contributed by atoms with Crippen LogP contribution in [-0.4, -0.2) is 41.4 Å². The molecule has 4 rings (SSSR count). The van der Waals surface area contributed by atoms with Crippen LogP contribution in [-0.2, 0) is 20.0 Å². The van der Waals surface area contributed by atoms with Gasteiger partial charge in [0.25, 0.3) is 5.91 Å². The smallest absolute Gasteiger partial charge is 0.356 e. The molecule has 2 aromatic carbocycles. The van der Waals surface area contributed by atoms with Gasteiger partial charge >= 0.3 is 12.1 Å². The summed E-state index contributed by atoms with van der Waals surface area (Å²) in [7, 11) is 1.34. The van der Waals surface area contributed by atoms with E-state index in [4.69, 9.17) is 10.6 Å². The van der Waals surface area contributed by atoms with Gasteiger partial charge in [0.15, 0.2) is 11.8 Å². The maximum absolute atomic E-state index is 13.6. The minimum Gasteiger partial charge on any atom is -0.356 e. The van der Waals surface area contributed by atoms with E-state index in [2.05, 4.69) is 0 Å². The molecule has 3 aromatic rings. The summed E-state index contributed by atoms with van der Waals surface area (Å²) in [6.45, 7) is 0. The Kier molecular flexibility index (Phi) is 5.53. The summed E-state index contributed by atoms with van der Waals surface area (Å²) >= 11 is 1.48. The molecule has 0 saturated carbocycles. The van der Waals surface area contributed by atoms with Gasteiger partial charge in [0.2, 0.25) is 0 Å². The van der Waals surface area contributed by atoms with Gasteiger partial charge in [-0.2, -0.15) is 24.5 Å². The molecule has 1 fully saturated rings. The van der Waals surface area contributed by atoms with Crippen molar-refractivity contribution < 1.29 is 27.6 Å². The zero-order chi connectivity index (χ0) is 23.1. The van der Waals surface area contributed by atoms with Gasteiger partial charge in [-0.3, -0.25) is 10.5 Å². The average Bonchev–Trinajstić information content (AvgIpc) is 3.38. The number of hydrogen-bond acceptors (Lipinski definition) is 6. The second-order valence-corrected chi connectivity index (χ2v) is 7.98. The van der Waals surface area contributed by atoms with Crippen molar-refractivity contribution >= 4 is 23.2 Å². The van der Waals surface area contributed by atoms with Crippen LogP contribution in [0.5, 0.6) is 0 Å². The summed E-state index contributed by atoms with van der Waals surface area (Å²) in [5.74, 6) is -3.10. The maximum Gasteiger partial charge on any atom is 0.492 e. The highest BCUT2D eigenvalue weighted by molar-refractivity contribution is 7.08. The van der Waals surface area contributed by atoms with Crippen LogP contribution >= 0.6 is 11.3 Å². The number of carbonyl (C=O) groups is 2. The lowest BCUT2D eigenvalue weighted by Gasteiger charge is -2.36. The first-order valence-corrected chi connectivity index (χ1v) is 10.4. The van der Waals surface area contributed by atoms with Crippen LogP contribution < -0.4 is 5.73 Å². The predicted molar refractivity (Wildman–Crippen MR) is 112 cm³/mol. The number of likely N-dealkylation sites (N-methyl/N-ethyl adjacent to an activating group) is 1. The topological polar surface area (TPSA) is 75.9 Å². The lowest BCUT2D eigenvalue weighted by atomic mass is 9.81. The number of benzene rings is 2. The Morgan fingerprint density at radius 1 is 1.06 bits per heavy atom. The molecule has 2 N–H and O–H groups in total. The molecule has 2 unspecified atom stereocenters. The number of nitrogens with two attached hydrogens (primary N) is 1. The Hall–Kier alpha value is -3.21. The largest absolute Gasteiger partial charge is 0.492 e. The Morgan fingerprint density at radius 3 is 2.38 bits per heavy atom. The summed E-state index contributed by atoms with van der Waals surface area (Å²) in [4.78, 5) is 31.2. The number of rotatable bonds is 4. The first kappa shape index (κ1) is 22.0. The fraction of sp³-hybridized carbons (Fsp3) is 0.182. The van der Waals surface area contributed by atoms with Gasteiger partial charge in [-0.1, -0.05) is 53.6 Å². The van der Waals surface area contributed by atoms with E-state index in [1.165, 1.54) is 18.4 Å². The maximum atomic E-state index is 13.6. The number of alkyl halides is 3. The van der Waals surface area contributed by atoms with Crippen molar-refractivity contribution in [2.45, 2.75) is 18.0 Å². The van der Waals surface area contributed by atoms with Crippen molar-refractivity contribution in [1.29, 1.82) is 0 Å². The van der Waals surface area contributed by atoms with Crippen LogP contribution in [0.15, 0.2) is 71.4 Å². The minimum absolute atomic E-state index is 0.308. The number of nitrogens with zero attached hydrogens (tertiary/aromatic N) is 2. The number of carbonyl (C=O) groups excluding carboxylic acids is 2. The minimum atomic E-state index is -5.27. The molecule has 2 heterocycles. The molecule has 0 spiro atoms. The normalized spacial score (nSPS) is 21.7. The van der Waals surface area contributed by atoms with Crippen molar-refractivity contribution in [2.24, 2.45) is 5.73 Å². The fourth-order valence-corrected chi connectivity index (χ4v) is 4.45. The van der Waals surface area contributed by atoms with E-state index in [1.54, 1.807) is 48.5 Å². The number of thiophene rings is 1. The van der Waals surface area contributed by atoms with Crippen molar-refractivity contribution in [3.05, 3.63) is 82.6 Å². The Labute approximate surface area is 185 Å². The van der Waals surface area contributed by atoms with E-state index < -0.39 is 29.9 Å². The van der Waals surface area contributed by atoms with Crippen molar-refractivity contribution in [3.63, 3.8) is 0 Å². The summed E-state index contributed by atoms with van der Waals surface area (Å²) in [6, 6.07) is 16.8. The third-order valence-corrected chi connectivity index (χ3v) is 6.02. The van der Waals surface area contributed by atoms with E-state index in [9.17, 15) is 22.8 Å². The molecular weight excluding hydrogens is 443 g/mol. The molecule has 10 heteroatoms. The lowest BCUT2D eigenvalue weighted by molar-refractivity contribution is -0.260. The molecule has 32 heavy (non-hydrogen) atoms. The fourth-order valence-electron chi connectivity index (χ4n) is 3.79. The van der Waals surface area contributed by atoms with Crippen molar-refractivity contribution in [1.82, 2.24) is 9.96 Å². The van der Waals surface area contributed by atoms with Crippen molar-refractivity contribution in [3.8, 4) is 11.1 Å². The third-order valence-electron chi connectivity index (χ3n) is 5.34. The first-order chi connectivity index (χ1) is 15.2. The van der Waals surface area contributed by atoms with E-state index in [0.29, 0.717) is 16.2 Å². The molecule has 2 atom stereocenters. The monoisotopic (exact) mass is 461 g/mol. The lowest BCUT2D eigenvalue weighted by Crippen LogP contribution is -2.53. The van der Waals surface area contributed by atoms with Gasteiger partial charge < -0.3 is 9.74 Å². The summed E-state index contributed by atoms with van der Waals surface area (Å²) in [5, 5.41) is 4.42. The molecule has 6 nitrogen and oxygen atoms in total. The third kappa shape index (κ3) is 3.46. The predicted octanol–water partition coefficient (Wildman–Crippen LogP) is 3.70. The summed E-state index contributed by atoms with van der Waals surface area (Å²) < 4.78 is 39.3. The van der Waals surface area contributed by atoms with Crippen LogP contribution in [0.2, 0.25) is 0 Å². The van der Waals surface area contributed by atoms with Crippen LogP contribution in [0, 0.1) is 0 Å². The molecule has 1 aliphatic heterocycles. The molecule has 1 aliphatic rings. The molecule has 1 amide bonds. The second-order valence-electron chi connectivity index (χ2n) is 7.20. The number of hydrogen-bond donors (Lipinski definition) is 1. The quantitative estimate of drug-likeness (QED) is 0.641. The molecular formula is C22H18F3N3O3S.